The van der Waals surface area contributed by atoms with Crippen LogP contribution in [-0.2, 0) is 4.79 Å². The highest BCUT2D eigenvalue weighted by molar-refractivity contribution is 6.45. The van der Waals surface area contributed by atoms with Crippen molar-refractivity contribution in [2.45, 2.75) is 38.1 Å². The van der Waals surface area contributed by atoms with E-state index in [1.807, 2.05) is 4.68 Å². The highest BCUT2D eigenvalue weighted by Gasteiger charge is 2.32. The van der Waals surface area contributed by atoms with Crippen LogP contribution >= 0.6 is 0 Å². The Morgan fingerprint density at radius 1 is 1.08 bits per heavy atom. The first-order valence-electron chi connectivity index (χ1n) is 12.1. The van der Waals surface area contributed by atoms with Gasteiger partial charge in [-0.15, -0.1) is 5.53 Å². The van der Waals surface area contributed by atoms with Gasteiger partial charge in [-0.25, -0.2) is 19.1 Å². The number of halogens is 1. The first kappa shape index (κ1) is 22.4. The number of piperazine rings is 1. The van der Waals surface area contributed by atoms with E-state index in [4.69, 9.17) is 0 Å². The summed E-state index contributed by atoms with van der Waals surface area (Å²) in [6.45, 7) is 1.69. The van der Waals surface area contributed by atoms with Gasteiger partial charge in [-0.05, 0) is 23.3 Å². The van der Waals surface area contributed by atoms with E-state index < -0.39 is 17.5 Å². The lowest BCUT2D eigenvalue weighted by Gasteiger charge is -2.35. The molecule has 2 aliphatic heterocycles. The summed E-state index contributed by atoms with van der Waals surface area (Å²) in [6.07, 6.45) is 11.4. The lowest BCUT2D eigenvalue weighted by molar-refractivity contribution is -0.126. The lowest BCUT2D eigenvalue weighted by Crippen LogP contribution is -2.51. The summed E-state index contributed by atoms with van der Waals surface area (Å²) in [5, 5.41) is 13.9. The number of rotatable bonds is 5. The van der Waals surface area contributed by atoms with Crippen molar-refractivity contribution in [2.24, 2.45) is 0 Å². The van der Waals surface area contributed by atoms with Gasteiger partial charge in [-0.3, -0.25) is 9.59 Å². The fraction of sp³-hybridized carbons (Fsp3) is 0.455. The maximum Gasteiger partial charge on any atom is 0.295 e. The number of ketones is 1. The fourth-order valence-electron chi connectivity index (χ4n) is 5.16. The number of amides is 1. The molecule has 1 aliphatic carbocycles. The minimum absolute atomic E-state index is 0.0176. The smallest absolute Gasteiger partial charge is 0.295 e. The van der Waals surface area contributed by atoms with Crippen molar-refractivity contribution in [1.29, 1.82) is 0 Å². The van der Waals surface area contributed by atoms with Crippen molar-refractivity contribution < 1.29 is 14.0 Å². The van der Waals surface area contributed by atoms with Gasteiger partial charge in [0.2, 0.25) is 5.95 Å². The van der Waals surface area contributed by atoms with Crippen LogP contribution in [0.3, 0.4) is 0 Å². The molecule has 2 fully saturated rings. The molecule has 0 spiro atoms. The SMILES string of the molecule is O=C(C(=O)N1CCN(c2nnnn2C2CCCCC2)CC1)c1c[nH]c2c(N3C=CNN3)ncc(F)c12. The van der Waals surface area contributed by atoms with E-state index in [1.165, 1.54) is 35.4 Å². The maximum atomic E-state index is 14.8. The molecular formula is C22H26FN11O2. The highest BCUT2D eigenvalue weighted by atomic mass is 19.1. The van der Waals surface area contributed by atoms with Gasteiger partial charge in [0.25, 0.3) is 11.7 Å². The molecule has 1 amide bonds. The van der Waals surface area contributed by atoms with Crippen molar-refractivity contribution in [3.05, 3.63) is 36.2 Å². The number of Topliss-reactive ketones (excluding diaryl/α,β-unsaturated/α-hetero) is 1. The van der Waals surface area contributed by atoms with Gasteiger partial charge < -0.3 is 20.2 Å². The first-order valence-corrected chi connectivity index (χ1v) is 12.1. The minimum Gasteiger partial charge on any atom is -0.357 e. The largest absolute Gasteiger partial charge is 0.357 e. The number of carbonyl (C=O) groups is 2. The third kappa shape index (κ3) is 3.82. The minimum atomic E-state index is -0.763. The summed E-state index contributed by atoms with van der Waals surface area (Å²) in [5.41, 5.74) is 5.90. The third-order valence-electron chi connectivity index (χ3n) is 7.05. The van der Waals surface area contributed by atoms with Gasteiger partial charge in [0.1, 0.15) is 0 Å². The van der Waals surface area contributed by atoms with Gasteiger partial charge in [0, 0.05) is 44.8 Å². The van der Waals surface area contributed by atoms with Crippen LogP contribution in [0.2, 0.25) is 0 Å². The molecule has 1 saturated carbocycles. The van der Waals surface area contributed by atoms with Crippen LogP contribution in [0.15, 0.2) is 24.8 Å². The second-order valence-corrected chi connectivity index (χ2v) is 9.15. The van der Waals surface area contributed by atoms with Crippen LogP contribution in [-0.4, -0.2) is 72.9 Å². The predicted molar refractivity (Wildman–Crippen MR) is 127 cm³/mol. The summed E-state index contributed by atoms with van der Waals surface area (Å²) in [6, 6.07) is 0.295. The quantitative estimate of drug-likeness (QED) is 0.347. The van der Waals surface area contributed by atoms with E-state index in [9.17, 15) is 14.0 Å². The van der Waals surface area contributed by atoms with Crippen LogP contribution in [0.25, 0.3) is 10.9 Å². The molecule has 6 rings (SSSR count). The molecule has 3 N–H and O–H groups in total. The zero-order chi connectivity index (χ0) is 24.6. The van der Waals surface area contributed by atoms with Gasteiger partial charge >= 0.3 is 0 Å². The van der Waals surface area contributed by atoms with Crippen molar-refractivity contribution in [3.8, 4) is 0 Å². The molecular weight excluding hydrogens is 469 g/mol. The van der Waals surface area contributed by atoms with Crippen molar-refractivity contribution in [2.75, 3.05) is 36.1 Å². The molecule has 3 aromatic heterocycles. The number of H-pyrrole nitrogens is 1. The van der Waals surface area contributed by atoms with Crippen LogP contribution < -0.4 is 20.9 Å². The first-order chi connectivity index (χ1) is 17.6. The number of nitrogens with one attached hydrogen (secondary N) is 3. The standard InChI is InChI=1S/C22H26FN11O2/c23-16-13-25-20(33-7-6-26-29-33)18-17(16)15(12-24-18)19(35)21(36)31-8-10-32(11-9-31)22-27-28-30-34(22)14-4-2-1-3-5-14/h6-7,12-14,24,26,29H,1-5,8-11H2. The second kappa shape index (κ2) is 9.18. The Morgan fingerprint density at radius 3 is 2.64 bits per heavy atom. The summed E-state index contributed by atoms with van der Waals surface area (Å²) in [4.78, 5) is 36.9. The molecule has 0 unspecified atom stereocenters. The van der Waals surface area contributed by atoms with Crippen molar-refractivity contribution in [3.63, 3.8) is 0 Å². The Bertz CT molecular complexity index is 1320. The monoisotopic (exact) mass is 495 g/mol. The Labute approximate surface area is 205 Å². The average molecular weight is 496 g/mol. The summed E-state index contributed by atoms with van der Waals surface area (Å²) < 4.78 is 16.7. The number of tetrazole rings is 1. The van der Waals surface area contributed by atoms with E-state index in [0.717, 1.165) is 19.0 Å². The molecule has 0 bridgehead atoms. The Hall–Kier alpha value is -4.07. The maximum absolute atomic E-state index is 14.8. The number of anilines is 2. The van der Waals surface area contributed by atoms with Crippen LogP contribution in [0.5, 0.6) is 0 Å². The summed E-state index contributed by atoms with van der Waals surface area (Å²) in [5.74, 6) is -1.04. The van der Waals surface area contributed by atoms with Crippen LogP contribution in [0.1, 0.15) is 48.5 Å². The Kier molecular flexibility index (Phi) is 5.71. The molecule has 5 heterocycles. The molecule has 14 heteroatoms. The number of carbonyl (C=O) groups excluding carboxylic acids is 2. The van der Waals surface area contributed by atoms with Gasteiger partial charge in [0.15, 0.2) is 11.6 Å². The molecule has 36 heavy (non-hydrogen) atoms. The van der Waals surface area contributed by atoms with E-state index in [-0.39, 0.29) is 10.9 Å². The third-order valence-corrected chi connectivity index (χ3v) is 7.05. The van der Waals surface area contributed by atoms with Crippen molar-refractivity contribution in [1.82, 2.24) is 46.0 Å². The number of hydrogen-bond acceptors (Lipinski definition) is 10. The predicted octanol–water partition coefficient (Wildman–Crippen LogP) is 1.03. The molecule has 3 aliphatic rings. The van der Waals surface area contributed by atoms with Gasteiger partial charge in [-0.2, -0.15) is 0 Å². The molecule has 0 aromatic carbocycles. The van der Waals surface area contributed by atoms with E-state index >= 15 is 0 Å². The number of hydrogen-bond donors (Lipinski definition) is 3. The highest BCUT2D eigenvalue weighted by Crippen LogP contribution is 2.31. The summed E-state index contributed by atoms with van der Waals surface area (Å²) in [7, 11) is 0. The second-order valence-electron chi connectivity index (χ2n) is 9.15. The Balaban J connectivity index is 1.17. The number of aromatic nitrogens is 6. The topological polar surface area (TPSA) is 140 Å². The summed E-state index contributed by atoms with van der Waals surface area (Å²) >= 11 is 0. The number of pyridine rings is 1. The number of hydrazine groups is 2. The molecule has 0 atom stereocenters. The number of nitrogens with zero attached hydrogens (tertiary/aromatic N) is 8. The molecule has 3 aromatic rings. The van der Waals surface area contributed by atoms with E-state index in [0.29, 0.717) is 49.5 Å². The van der Waals surface area contributed by atoms with Crippen LogP contribution in [0, 0.1) is 5.82 Å². The molecule has 13 nitrogen and oxygen atoms in total. The zero-order valence-electron chi connectivity index (χ0n) is 19.5. The van der Waals surface area contributed by atoms with Gasteiger partial charge in [-0.1, -0.05) is 24.4 Å². The fourth-order valence-corrected chi connectivity index (χ4v) is 5.16. The molecule has 188 valence electrons. The number of aromatic amines is 1. The van der Waals surface area contributed by atoms with Crippen LogP contribution in [0.4, 0.5) is 16.2 Å². The van der Waals surface area contributed by atoms with E-state index in [2.05, 4.69) is 41.4 Å². The van der Waals surface area contributed by atoms with E-state index in [1.54, 1.807) is 12.4 Å². The molecule has 1 saturated heterocycles. The normalized spacial score (nSPS) is 18.8. The lowest BCUT2D eigenvalue weighted by atomic mass is 9.96. The average Bonchev–Trinajstić information content (AvgIpc) is 3.70. The molecule has 0 radical (unpaired) electrons. The number of fused-ring (bicyclic) bond motifs is 1. The van der Waals surface area contributed by atoms with Crippen molar-refractivity contribution >= 4 is 34.4 Å². The zero-order valence-corrected chi connectivity index (χ0v) is 19.5. The van der Waals surface area contributed by atoms with Gasteiger partial charge in [0.05, 0.1) is 28.7 Å². The Morgan fingerprint density at radius 2 is 1.89 bits per heavy atom.